The van der Waals surface area contributed by atoms with Gasteiger partial charge in [-0.05, 0) is 25.5 Å². The van der Waals surface area contributed by atoms with Gasteiger partial charge in [-0.2, -0.15) is 0 Å². The van der Waals surface area contributed by atoms with Gasteiger partial charge in [0.1, 0.15) is 5.52 Å². The van der Waals surface area contributed by atoms with E-state index in [0.29, 0.717) is 67.8 Å². The Labute approximate surface area is 205 Å². The van der Waals surface area contributed by atoms with Crippen LogP contribution in [0.4, 0.5) is 5.82 Å². The van der Waals surface area contributed by atoms with E-state index in [2.05, 4.69) is 28.7 Å². The van der Waals surface area contributed by atoms with Crippen LogP contribution >= 0.6 is 0 Å². The summed E-state index contributed by atoms with van der Waals surface area (Å²) in [5, 5.41) is 9.32. The molecular weight excluding hydrogens is 448 g/mol. The molecule has 0 unspecified atom stereocenters. The normalized spacial score (nSPS) is 16.7. The number of anilines is 1. The Kier molecular flexibility index (Phi) is 8.27. The maximum absolute atomic E-state index is 13.7. The predicted molar refractivity (Wildman–Crippen MR) is 135 cm³/mol. The Morgan fingerprint density at radius 2 is 2.00 bits per heavy atom. The molecule has 3 aromatic rings. The summed E-state index contributed by atoms with van der Waals surface area (Å²) in [5.41, 5.74) is 2.77. The van der Waals surface area contributed by atoms with Gasteiger partial charge in [-0.1, -0.05) is 6.92 Å². The van der Waals surface area contributed by atoms with Crippen LogP contribution in [-0.2, 0) is 11.3 Å². The van der Waals surface area contributed by atoms with Crippen molar-refractivity contribution in [3.8, 4) is 17.1 Å². The highest BCUT2D eigenvalue weighted by atomic mass is 16.5. The molecule has 188 valence electrons. The second-order valence-electron chi connectivity index (χ2n) is 8.71. The maximum atomic E-state index is 13.7. The summed E-state index contributed by atoms with van der Waals surface area (Å²) in [6.07, 6.45) is 4.34. The zero-order valence-corrected chi connectivity index (χ0v) is 20.7. The number of ether oxygens (including phenoxy) is 2. The van der Waals surface area contributed by atoms with Crippen LogP contribution in [0.1, 0.15) is 20.3 Å². The van der Waals surface area contributed by atoms with Crippen molar-refractivity contribution in [1.29, 1.82) is 0 Å². The van der Waals surface area contributed by atoms with Crippen LogP contribution < -0.4 is 15.2 Å². The largest absolute Gasteiger partial charge is 0.481 e. The minimum Gasteiger partial charge on any atom is -0.481 e. The van der Waals surface area contributed by atoms with Crippen LogP contribution in [0.5, 0.6) is 5.88 Å². The van der Waals surface area contributed by atoms with Crippen molar-refractivity contribution in [2.24, 2.45) is 0 Å². The summed E-state index contributed by atoms with van der Waals surface area (Å²) in [6, 6.07) is 5.77. The monoisotopic (exact) mass is 482 g/mol. The molecule has 0 saturated carbocycles. The van der Waals surface area contributed by atoms with Crippen LogP contribution in [0.3, 0.4) is 0 Å². The van der Waals surface area contributed by atoms with Crippen molar-refractivity contribution >= 4 is 16.9 Å². The van der Waals surface area contributed by atoms with Crippen molar-refractivity contribution < 1.29 is 14.6 Å². The molecule has 1 N–H and O–H groups in total. The molecule has 0 spiro atoms. The maximum Gasteiger partial charge on any atom is 0.294 e. The van der Waals surface area contributed by atoms with Crippen molar-refractivity contribution in [1.82, 2.24) is 24.4 Å². The lowest BCUT2D eigenvalue weighted by Gasteiger charge is -2.40. The van der Waals surface area contributed by atoms with Gasteiger partial charge in [0.2, 0.25) is 5.88 Å². The van der Waals surface area contributed by atoms with Crippen LogP contribution in [-0.4, -0.2) is 88.7 Å². The Hall–Kier alpha value is -3.08. The van der Waals surface area contributed by atoms with E-state index < -0.39 is 0 Å². The van der Waals surface area contributed by atoms with Gasteiger partial charge in [0.15, 0.2) is 5.82 Å². The Bertz CT molecular complexity index is 1180. The minimum absolute atomic E-state index is 0.126. The molecule has 0 aliphatic carbocycles. The van der Waals surface area contributed by atoms with E-state index in [1.807, 2.05) is 17.0 Å². The third kappa shape index (κ3) is 5.61. The van der Waals surface area contributed by atoms with Gasteiger partial charge < -0.3 is 24.0 Å². The number of piperazine rings is 1. The summed E-state index contributed by atoms with van der Waals surface area (Å²) < 4.78 is 12.6. The molecule has 35 heavy (non-hydrogen) atoms. The first-order valence-electron chi connectivity index (χ1n) is 12.1. The number of nitrogens with zero attached hydrogens (tertiary/aromatic N) is 6. The van der Waals surface area contributed by atoms with E-state index in [9.17, 15) is 9.90 Å². The Morgan fingerprint density at radius 1 is 1.14 bits per heavy atom. The lowest BCUT2D eigenvalue weighted by atomic mass is 10.1. The van der Waals surface area contributed by atoms with E-state index in [0.717, 1.165) is 18.5 Å². The number of pyridine rings is 2. The molecule has 10 heteroatoms. The molecule has 1 fully saturated rings. The lowest BCUT2D eigenvalue weighted by molar-refractivity contribution is 0.127. The average Bonchev–Trinajstić information content (AvgIpc) is 2.88. The molecule has 1 atom stereocenters. The molecule has 1 aliphatic heterocycles. The Morgan fingerprint density at radius 3 is 2.69 bits per heavy atom. The first kappa shape index (κ1) is 25.0. The SMILES string of the molecule is CCCOCCn1c(=O)c(N2CCN(CCO)[C@@H](C)C2)nc2cnc(-c3ccc(OC)nc3)cc21. The molecule has 1 aliphatic rings. The topological polar surface area (TPSA) is 106 Å². The van der Waals surface area contributed by atoms with E-state index >= 15 is 0 Å². The van der Waals surface area contributed by atoms with Gasteiger partial charge in [-0.3, -0.25) is 14.7 Å². The zero-order chi connectivity index (χ0) is 24.8. The second kappa shape index (κ2) is 11.6. The summed E-state index contributed by atoms with van der Waals surface area (Å²) in [7, 11) is 1.58. The van der Waals surface area contributed by atoms with E-state index in [-0.39, 0.29) is 18.2 Å². The number of aliphatic hydroxyl groups is 1. The van der Waals surface area contributed by atoms with Crippen molar-refractivity contribution in [2.45, 2.75) is 32.9 Å². The van der Waals surface area contributed by atoms with Gasteiger partial charge >= 0.3 is 0 Å². The highest BCUT2D eigenvalue weighted by molar-refractivity contribution is 5.80. The standard InChI is InChI=1S/C25H34N6O4/c1-4-12-35-13-10-31-22-14-20(19-5-6-23(34-3)27-15-19)26-16-21(22)28-24(25(31)33)30-8-7-29(9-11-32)18(2)17-30/h5-6,14-16,18,32H,4,7-13,17H2,1-3H3/t18-/m0/s1. The van der Waals surface area contributed by atoms with Gasteiger partial charge in [-0.15, -0.1) is 0 Å². The van der Waals surface area contributed by atoms with Crippen molar-refractivity contribution in [3.05, 3.63) is 40.9 Å². The van der Waals surface area contributed by atoms with Crippen molar-refractivity contribution in [3.63, 3.8) is 0 Å². The minimum atomic E-state index is -0.134. The smallest absolute Gasteiger partial charge is 0.294 e. The summed E-state index contributed by atoms with van der Waals surface area (Å²) in [5.74, 6) is 0.961. The summed E-state index contributed by atoms with van der Waals surface area (Å²) >= 11 is 0. The Balaban J connectivity index is 1.72. The lowest BCUT2D eigenvalue weighted by Crippen LogP contribution is -2.54. The second-order valence-corrected chi connectivity index (χ2v) is 8.71. The number of methoxy groups -OCH3 is 1. The number of aliphatic hydroxyl groups excluding tert-OH is 1. The third-order valence-corrected chi connectivity index (χ3v) is 6.32. The molecule has 0 aromatic carbocycles. The highest BCUT2D eigenvalue weighted by Gasteiger charge is 2.27. The fourth-order valence-corrected chi connectivity index (χ4v) is 4.42. The summed E-state index contributed by atoms with van der Waals surface area (Å²) in [4.78, 5) is 31.6. The zero-order valence-electron chi connectivity index (χ0n) is 20.7. The molecule has 0 amide bonds. The van der Waals surface area contributed by atoms with Gasteiger partial charge in [0.25, 0.3) is 5.56 Å². The van der Waals surface area contributed by atoms with Crippen LogP contribution in [0.25, 0.3) is 22.3 Å². The molecule has 0 bridgehead atoms. The predicted octanol–water partition coefficient (Wildman–Crippen LogP) is 1.79. The fourth-order valence-electron chi connectivity index (χ4n) is 4.42. The molecule has 1 saturated heterocycles. The number of hydrogen-bond donors (Lipinski definition) is 1. The average molecular weight is 483 g/mol. The highest BCUT2D eigenvalue weighted by Crippen LogP contribution is 2.23. The fraction of sp³-hybridized carbons (Fsp3) is 0.520. The van der Waals surface area contributed by atoms with Gasteiger partial charge in [-0.25, -0.2) is 9.97 Å². The van der Waals surface area contributed by atoms with Gasteiger partial charge in [0, 0.05) is 63.2 Å². The van der Waals surface area contributed by atoms with E-state index in [4.69, 9.17) is 14.5 Å². The third-order valence-electron chi connectivity index (χ3n) is 6.32. The first-order chi connectivity index (χ1) is 17.0. The quantitative estimate of drug-likeness (QED) is 0.433. The molecular formula is C25H34N6O4. The van der Waals surface area contributed by atoms with E-state index in [1.54, 1.807) is 30.1 Å². The molecule has 4 heterocycles. The number of fused-ring (bicyclic) bond motifs is 1. The molecule has 0 radical (unpaired) electrons. The summed E-state index contributed by atoms with van der Waals surface area (Å²) in [6.45, 7) is 8.55. The number of rotatable bonds is 10. The molecule has 3 aromatic heterocycles. The number of hydrogen-bond acceptors (Lipinski definition) is 9. The van der Waals surface area contributed by atoms with Crippen LogP contribution in [0.15, 0.2) is 35.4 Å². The number of β-amino-alcohol motifs (C(OH)–C–C–N with tert-alkyl or cyclic N) is 1. The van der Waals surface area contributed by atoms with E-state index in [1.165, 1.54) is 0 Å². The van der Waals surface area contributed by atoms with Crippen LogP contribution in [0.2, 0.25) is 0 Å². The first-order valence-corrected chi connectivity index (χ1v) is 12.1. The molecule has 4 rings (SSSR count). The van der Waals surface area contributed by atoms with Gasteiger partial charge in [0.05, 0.1) is 37.7 Å². The van der Waals surface area contributed by atoms with Crippen molar-refractivity contribution in [2.75, 3.05) is 58.0 Å². The molecule has 10 nitrogen and oxygen atoms in total. The van der Waals surface area contributed by atoms with Crippen LogP contribution in [0, 0.1) is 0 Å². The number of aromatic nitrogens is 4.